The Kier molecular flexibility index (Phi) is 22.2. The van der Waals surface area contributed by atoms with Gasteiger partial charge in [-0.05, 0) is 0 Å². The van der Waals surface area contributed by atoms with E-state index < -0.39 is 7.82 Å². The molecule has 0 unspecified atom stereocenters. The molecule has 0 heterocycles. The van der Waals surface area contributed by atoms with Crippen LogP contribution in [0.4, 0.5) is 0 Å². The molecule has 0 spiro atoms. The molecule has 8 heteroatoms. The SMILES string of the molecule is O=P([O-])([O-])[O-].[Mn].[O-2].[O-2]. The second-order valence-electron chi connectivity index (χ2n) is 0.447. The van der Waals surface area contributed by atoms with E-state index in [1.165, 1.54) is 0 Å². The van der Waals surface area contributed by atoms with Gasteiger partial charge in [0.15, 0.2) is 0 Å². The van der Waals surface area contributed by atoms with Crippen LogP contribution in [0.15, 0.2) is 0 Å². The molecule has 0 aromatic rings. The van der Waals surface area contributed by atoms with E-state index in [1.807, 2.05) is 0 Å². The van der Waals surface area contributed by atoms with E-state index in [2.05, 4.69) is 0 Å². The predicted octanol–water partition coefficient (Wildman–Crippen LogP) is -3.06. The van der Waals surface area contributed by atoms with E-state index in [-0.39, 0.29) is 28.0 Å². The molecule has 8 heavy (non-hydrogen) atoms. The Labute approximate surface area is 55.9 Å². The van der Waals surface area contributed by atoms with Crippen molar-refractivity contribution in [1.29, 1.82) is 0 Å². The molecule has 0 N–H and O–H groups in total. The van der Waals surface area contributed by atoms with Crippen molar-refractivity contribution < 1.29 is 47.3 Å². The molecule has 6 nitrogen and oxygen atoms in total. The van der Waals surface area contributed by atoms with Crippen LogP contribution in [0, 0.1) is 0 Å². The fourth-order valence-electron chi connectivity index (χ4n) is 0. The first-order valence-electron chi connectivity index (χ1n) is 0.730. The van der Waals surface area contributed by atoms with Gasteiger partial charge in [-0.3, -0.25) is 0 Å². The van der Waals surface area contributed by atoms with Crippen LogP contribution < -0.4 is 14.7 Å². The first-order valence-corrected chi connectivity index (χ1v) is 2.19. The van der Waals surface area contributed by atoms with Crippen molar-refractivity contribution in [1.82, 2.24) is 0 Å². The summed E-state index contributed by atoms with van der Waals surface area (Å²) in [7, 11) is -5.39. The molecule has 0 rings (SSSR count). The maximum absolute atomic E-state index is 8.55. The quantitative estimate of drug-likeness (QED) is 0.289. The maximum atomic E-state index is 8.55. The van der Waals surface area contributed by atoms with Crippen molar-refractivity contribution in [3.8, 4) is 0 Å². The predicted molar refractivity (Wildman–Crippen MR) is 8.98 cm³/mol. The van der Waals surface area contributed by atoms with Gasteiger partial charge in [0.2, 0.25) is 0 Å². The van der Waals surface area contributed by atoms with Crippen LogP contribution in [-0.4, -0.2) is 0 Å². The summed E-state index contributed by atoms with van der Waals surface area (Å²) in [4.78, 5) is 25.6. The van der Waals surface area contributed by atoms with E-state index in [0.717, 1.165) is 0 Å². The zero-order valence-corrected chi connectivity index (χ0v) is 5.35. The van der Waals surface area contributed by atoms with E-state index in [9.17, 15) is 0 Å². The summed E-state index contributed by atoms with van der Waals surface area (Å²) in [6, 6.07) is 0. The van der Waals surface area contributed by atoms with Gasteiger partial charge in [-0.25, -0.2) is 0 Å². The molecule has 0 atom stereocenters. The third-order valence-electron chi connectivity index (χ3n) is 0. The molecule has 0 amide bonds. The van der Waals surface area contributed by atoms with Crippen molar-refractivity contribution in [3.63, 3.8) is 0 Å². The van der Waals surface area contributed by atoms with Crippen LogP contribution in [0.2, 0.25) is 0 Å². The van der Waals surface area contributed by atoms with E-state index in [4.69, 9.17) is 19.2 Å². The standard InChI is InChI=1S/Mn.H3O4P.2O/c;1-5(2,3)4;;/h;(H3,1,2,3,4);;/q;;2*-2/p-3. The minimum atomic E-state index is -5.39. The van der Waals surface area contributed by atoms with Crippen molar-refractivity contribution in [2.75, 3.05) is 0 Å². The summed E-state index contributed by atoms with van der Waals surface area (Å²) in [6.45, 7) is 0. The topological polar surface area (TPSA) is 143 Å². The van der Waals surface area contributed by atoms with Gasteiger partial charge < -0.3 is 30.2 Å². The van der Waals surface area contributed by atoms with E-state index >= 15 is 0 Å². The number of rotatable bonds is 0. The number of hydrogen-bond donors (Lipinski definition) is 0. The van der Waals surface area contributed by atoms with E-state index in [1.54, 1.807) is 0 Å². The Morgan fingerprint density at radius 1 is 1.00 bits per heavy atom. The summed E-state index contributed by atoms with van der Waals surface area (Å²) in [6.07, 6.45) is 0. The van der Waals surface area contributed by atoms with Crippen LogP contribution >= 0.6 is 7.82 Å². The van der Waals surface area contributed by atoms with Crippen molar-refractivity contribution in [2.24, 2.45) is 0 Å². The van der Waals surface area contributed by atoms with Crippen LogP contribution in [0.1, 0.15) is 0 Å². The number of hydrogen-bond acceptors (Lipinski definition) is 4. The van der Waals surface area contributed by atoms with Gasteiger partial charge in [0.05, 0.1) is 0 Å². The summed E-state index contributed by atoms with van der Waals surface area (Å²) in [5.41, 5.74) is 0. The zero-order chi connectivity index (χ0) is 4.50. The molecule has 0 aliphatic rings. The molecule has 0 aliphatic carbocycles. The van der Waals surface area contributed by atoms with Crippen LogP contribution in [0.25, 0.3) is 0 Å². The minimum absolute atomic E-state index is 0. The van der Waals surface area contributed by atoms with Gasteiger partial charge in [0.1, 0.15) is 0 Å². The van der Waals surface area contributed by atoms with Crippen LogP contribution in [0.5, 0.6) is 0 Å². The molecule has 0 aromatic carbocycles. The second kappa shape index (κ2) is 7.55. The molecule has 0 aliphatic heterocycles. The van der Waals surface area contributed by atoms with Gasteiger partial charge in [-0.1, -0.05) is 0 Å². The van der Waals surface area contributed by atoms with Crippen molar-refractivity contribution in [2.45, 2.75) is 0 Å². The Bertz CT molecular complexity index is 54.7. The molecule has 55 valence electrons. The first-order chi connectivity index (χ1) is 2.00. The normalized spacial score (nSPS) is 7.38. The Morgan fingerprint density at radius 3 is 1.00 bits per heavy atom. The molecular weight excluding hydrogens is 182 g/mol. The Balaban J connectivity index is -0.0000000267. The third kappa shape index (κ3) is 668. The van der Waals surface area contributed by atoms with Gasteiger partial charge in [0, 0.05) is 17.1 Å². The van der Waals surface area contributed by atoms with E-state index in [0.29, 0.717) is 0 Å². The monoisotopic (exact) mass is 182 g/mol. The average Bonchev–Trinajstić information content (AvgIpc) is 0.722. The average molecular weight is 182 g/mol. The van der Waals surface area contributed by atoms with Gasteiger partial charge in [0.25, 0.3) is 0 Å². The first kappa shape index (κ1) is 23.5. The van der Waals surface area contributed by atoms with Crippen molar-refractivity contribution >= 4 is 7.82 Å². The molecule has 0 saturated carbocycles. The Morgan fingerprint density at radius 2 is 1.00 bits per heavy atom. The molecular formula is MnO6P-7. The van der Waals surface area contributed by atoms with Gasteiger partial charge in [-0.2, -0.15) is 7.82 Å². The zero-order valence-electron chi connectivity index (χ0n) is 3.27. The minimum Gasteiger partial charge on any atom is -2.00 e. The maximum Gasteiger partial charge on any atom is 0 e. The molecule has 0 saturated heterocycles. The third-order valence-corrected chi connectivity index (χ3v) is 0. The van der Waals surface area contributed by atoms with Crippen LogP contribution in [0.3, 0.4) is 0 Å². The van der Waals surface area contributed by atoms with Gasteiger partial charge >= 0.3 is 0 Å². The smallest absolute Gasteiger partial charge is 0 e. The fourth-order valence-corrected chi connectivity index (χ4v) is 0. The summed E-state index contributed by atoms with van der Waals surface area (Å²) in [5.74, 6) is 0. The molecule has 0 fully saturated rings. The van der Waals surface area contributed by atoms with Gasteiger partial charge in [-0.15, -0.1) is 0 Å². The second-order valence-corrected chi connectivity index (χ2v) is 1.34. The summed E-state index contributed by atoms with van der Waals surface area (Å²) < 4.78 is 8.55. The summed E-state index contributed by atoms with van der Waals surface area (Å²) in [5, 5.41) is 0. The van der Waals surface area contributed by atoms with Crippen LogP contribution in [-0.2, 0) is 32.6 Å². The summed E-state index contributed by atoms with van der Waals surface area (Å²) >= 11 is 0. The Hall–Kier alpha value is 0.549. The molecule has 0 bridgehead atoms. The molecule has 0 aromatic heterocycles. The number of phosphoric acid groups is 1. The largest absolute Gasteiger partial charge is 2.00 e. The fraction of sp³-hybridized carbons (Fsp3) is 0. The van der Waals surface area contributed by atoms with Crippen molar-refractivity contribution in [3.05, 3.63) is 0 Å². The molecule has 1 radical (unpaired) electrons.